The molecule has 0 spiro atoms. The summed E-state index contributed by atoms with van der Waals surface area (Å²) in [6.45, 7) is 1.96. The standard InChI is InChI=1S/C16H16BrNO3S2/c1-2-3-4-12(15(20)21)18-14(19)13(23-16(18)22)9-10-5-7-11(17)8-6-10/h5-9,12H,2-4H2,1H3,(H,20,21)/p-1/b13-9-/t12-/m0/s1. The predicted molar refractivity (Wildman–Crippen MR) is 97.5 cm³/mol. The Morgan fingerprint density at radius 2 is 2.09 bits per heavy atom. The molecule has 122 valence electrons. The number of unbranched alkanes of at least 4 members (excludes halogenated alkanes) is 1. The second-order valence-electron chi connectivity index (χ2n) is 5.08. The minimum Gasteiger partial charge on any atom is -0.548 e. The minimum atomic E-state index is -1.26. The number of carbonyl (C=O) groups is 2. The molecule has 1 aromatic carbocycles. The number of amides is 1. The van der Waals surface area contributed by atoms with Gasteiger partial charge in [-0.25, -0.2) is 0 Å². The van der Waals surface area contributed by atoms with Crippen molar-refractivity contribution in [3.63, 3.8) is 0 Å². The summed E-state index contributed by atoms with van der Waals surface area (Å²) in [5.41, 5.74) is 0.854. The molecule has 23 heavy (non-hydrogen) atoms. The third-order valence-corrected chi connectivity index (χ3v) is 5.27. The fourth-order valence-electron chi connectivity index (χ4n) is 2.21. The van der Waals surface area contributed by atoms with Crippen LogP contribution in [0.3, 0.4) is 0 Å². The van der Waals surface area contributed by atoms with Crippen LogP contribution in [0.25, 0.3) is 6.08 Å². The van der Waals surface area contributed by atoms with Crippen molar-refractivity contribution in [1.29, 1.82) is 0 Å². The van der Waals surface area contributed by atoms with Crippen LogP contribution < -0.4 is 5.11 Å². The maximum atomic E-state index is 12.5. The molecule has 0 aromatic heterocycles. The summed E-state index contributed by atoms with van der Waals surface area (Å²) in [5.74, 6) is -1.63. The number of nitrogens with zero attached hydrogens (tertiary/aromatic N) is 1. The first kappa shape index (κ1) is 18.2. The Balaban J connectivity index is 2.24. The monoisotopic (exact) mass is 412 g/mol. The van der Waals surface area contributed by atoms with Crippen LogP contribution in [0, 0.1) is 0 Å². The molecule has 0 N–H and O–H groups in total. The number of thiocarbonyl (C=S) groups is 1. The van der Waals surface area contributed by atoms with E-state index < -0.39 is 12.0 Å². The van der Waals surface area contributed by atoms with Gasteiger partial charge in [0.15, 0.2) is 0 Å². The van der Waals surface area contributed by atoms with Gasteiger partial charge in [-0.1, -0.05) is 71.8 Å². The highest BCUT2D eigenvalue weighted by Crippen LogP contribution is 2.35. The van der Waals surface area contributed by atoms with E-state index in [2.05, 4.69) is 15.9 Å². The lowest BCUT2D eigenvalue weighted by Gasteiger charge is -2.27. The quantitative estimate of drug-likeness (QED) is 0.530. The number of hydrogen-bond acceptors (Lipinski definition) is 5. The predicted octanol–water partition coefficient (Wildman–Crippen LogP) is 2.96. The molecule has 4 nitrogen and oxygen atoms in total. The topological polar surface area (TPSA) is 60.4 Å². The van der Waals surface area contributed by atoms with Crippen LogP contribution in [0.4, 0.5) is 0 Å². The number of carbonyl (C=O) groups excluding carboxylic acids is 2. The van der Waals surface area contributed by atoms with E-state index in [0.717, 1.165) is 28.2 Å². The van der Waals surface area contributed by atoms with Crippen LogP contribution in [0.15, 0.2) is 33.6 Å². The molecule has 0 unspecified atom stereocenters. The molecule has 1 aliphatic rings. The highest BCUT2D eigenvalue weighted by molar-refractivity contribution is 9.10. The molecular weight excluding hydrogens is 398 g/mol. The summed E-state index contributed by atoms with van der Waals surface area (Å²) < 4.78 is 1.21. The first-order valence-corrected chi connectivity index (χ1v) is 9.19. The number of thioether (sulfide) groups is 1. The molecule has 1 aliphatic heterocycles. The second-order valence-corrected chi connectivity index (χ2v) is 7.67. The van der Waals surface area contributed by atoms with Gasteiger partial charge < -0.3 is 9.90 Å². The fourth-order valence-corrected chi connectivity index (χ4v) is 3.83. The number of carboxylic acids is 1. The maximum Gasteiger partial charge on any atom is 0.266 e. The van der Waals surface area contributed by atoms with E-state index in [1.165, 1.54) is 4.90 Å². The Bertz CT molecular complexity index is 658. The van der Waals surface area contributed by atoms with E-state index in [1.54, 1.807) is 6.08 Å². The summed E-state index contributed by atoms with van der Waals surface area (Å²) >= 11 is 9.69. The van der Waals surface area contributed by atoms with Gasteiger partial charge in [-0.2, -0.15) is 0 Å². The highest BCUT2D eigenvalue weighted by atomic mass is 79.9. The van der Waals surface area contributed by atoms with Crippen LogP contribution in [0.5, 0.6) is 0 Å². The molecule has 0 saturated carbocycles. The number of benzene rings is 1. The van der Waals surface area contributed by atoms with Crippen molar-refractivity contribution in [2.45, 2.75) is 32.2 Å². The molecule has 1 fully saturated rings. The zero-order chi connectivity index (χ0) is 17.0. The van der Waals surface area contributed by atoms with Gasteiger partial charge in [0.25, 0.3) is 5.91 Å². The van der Waals surface area contributed by atoms with Crippen LogP contribution in [0.2, 0.25) is 0 Å². The zero-order valence-corrected chi connectivity index (χ0v) is 15.7. The smallest absolute Gasteiger partial charge is 0.266 e. The number of hydrogen-bond donors (Lipinski definition) is 0. The number of aliphatic carboxylic acids is 1. The molecule has 0 bridgehead atoms. The van der Waals surface area contributed by atoms with Crippen molar-refractivity contribution < 1.29 is 14.7 Å². The molecule has 1 amide bonds. The van der Waals surface area contributed by atoms with Gasteiger partial charge in [0.2, 0.25) is 0 Å². The van der Waals surface area contributed by atoms with E-state index >= 15 is 0 Å². The van der Waals surface area contributed by atoms with Gasteiger partial charge in [0.05, 0.1) is 16.9 Å². The van der Waals surface area contributed by atoms with Crippen molar-refractivity contribution in [2.24, 2.45) is 0 Å². The first-order valence-electron chi connectivity index (χ1n) is 7.17. The van der Waals surface area contributed by atoms with E-state index in [0.29, 0.717) is 17.7 Å². The largest absolute Gasteiger partial charge is 0.548 e. The summed E-state index contributed by atoms with van der Waals surface area (Å²) in [4.78, 5) is 25.5. The van der Waals surface area contributed by atoms with Crippen LogP contribution in [0.1, 0.15) is 31.7 Å². The third-order valence-electron chi connectivity index (χ3n) is 3.41. The Morgan fingerprint density at radius 3 is 2.65 bits per heavy atom. The lowest BCUT2D eigenvalue weighted by molar-refractivity contribution is -0.310. The fraction of sp³-hybridized carbons (Fsp3) is 0.312. The molecule has 1 atom stereocenters. The summed E-state index contributed by atoms with van der Waals surface area (Å²) in [7, 11) is 0. The van der Waals surface area contributed by atoms with Gasteiger partial charge in [0.1, 0.15) is 4.32 Å². The molecule has 7 heteroatoms. The average molecular weight is 413 g/mol. The van der Waals surface area contributed by atoms with E-state index in [1.807, 2.05) is 31.2 Å². The van der Waals surface area contributed by atoms with E-state index in [9.17, 15) is 14.7 Å². The third kappa shape index (κ3) is 4.43. The van der Waals surface area contributed by atoms with Crippen LogP contribution in [-0.2, 0) is 9.59 Å². The summed E-state index contributed by atoms with van der Waals surface area (Å²) in [6, 6.07) is 6.47. The molecule has 1 aromatic rings. The van der Waals surface area contributed by atoms with Crippen molar-refractivity contribution >= 4 is 62.2 Å². The lowest BCUT2D eigenvalue weighted by atomic mass is 10.1. The van der Waals surface area contributed by atoms with Gasteiger partial charge >= 0.3 is 0 Å². The number of halogens is 1. The van der Waals surface area contributed by atoms with Crippen molar-refractivity contribution in [3.05, 3.63) is 39.2 Å². The van der Waals surface area contributed by atoms with Crippen LogP contribution in [-0.4, -0.2) is 27.1 Å². The van der Waals surface area contributed by atoms with Crippen molar-refractivity contribution in [1.82, 2.24) is 4.90 Å². The SMILES string of the molecule is CCCC[C@@H](C(=O)[O-])N1C(=O)/C(=C/c2ccc(Br)cc2)SC1=S. The Morgan fingerprint density at radius 1 is 1.43 bits per heavy atom. The first-order chi connectivity index (χ1) is 10.9. The Hall–Kier alpha value is -1.18. The minimum absolute atomic E-state index is 0.267. The van der Waals surface area contributed by atoms with Gasteiger partial charge in [-0.05, 0) is 30.2 Å². The van der Waals surface area contributed by atoms with Gasteiger partial charge in [0, 0.05) is 4.47 Å². The van der Waals surface area contributed by atoms with Gasteiger partial charge in [-0.15, -0.1) is 0 Å². The van der Waals surface area contributed by atoms with Crippen molar-refractivity contribution in [2.75, 3.05) is 0 Å². The number of rotatable bonds is 6. The highest BCUT2D eigenvalue weighted by Gasteiger charge is 2.37. The maximum absolute atomic E-state index is 12.5. The zero-order valence-electron chi connectivity index (χ0n) is 12.5. The summed E-state index contributed by atoms with van der Waals surface area (Å²) in [6.07, 6.45) is 3.60. The number of carboxylic acid groups (broad SMARTS) is 1. The molecule has 0 radical (unpaired) electrons. The lowest BCUT2D eigenvalue weighted by Crippen LogP contribution is -2.49. The second kappa shape index (κ2) is 8.08. The Kier molecular flexibility index (Phi) is 6.38. The summed E-state index contributed by atoms with van der Waals surface area (Å²) in [5, 5.41) is 11.4. The normalized spacial score (nSPS) is 17.8. The molecular formula is C16H15BrNO3S2-. The van der Waals surface area contributed by atoms with E-state index in [4.69, 9.17) is 12.2 Å². The molecule has 1 saturated heterocycles. The molecule has 1 heterocycles. The molecule has 2 rings (SSSR count). The average Bonchev–Trinajstić information content (AvgIpc) is 2.77. The Labute approximate surface area is 153 Å². The molecule has 0 aliphatic carbocycles. The van der Waals surface area contributed by atoms with Gasteiger partial charge in [-0.3, -0.25) is 9.69 Å². The van der Waals surface area contributed by atoms with E-state index in [-0.39, 0.29) is 10.2 Å². The van der Waals surface area contributed by atoms with Crippen LogP contribution >= 0.6 is 39.9 Å². The van der Waals surface area contributed by atoms with Crippen molar-refractivity contribution in [3.8, 4) is 0 Å².